The van der Waals surface area contributed by atoms with Crippen molar-refractivity contribution in [3.63, 3.8) is 0 Å². The lowest BCUT2D eigenvalue weighted by Gasteiger charge is -2.33. The first kappa shape index (κ1) is 12.4. The normalized spacial score (nSPS) is 19.8. The molecule has 1 fully saturated rings. The Hall–Kier alpha value is -2.09. The molecule has 0 aromatic carbocycles. The van der Waals surface area contributed by atoms with Gasteiger partial charge in [-0.3, -0.25) is 14.3 Å². The van der Waals surface area contributed by atoms with Gasteiger partial charge < -0.3 is 21.1 Å². The van der Waals surface area contributed by atoms with E-state index in [0.29, 0.717) is 18.8 Å². The summed E-state index contributed by atoms with van der Waals surface area (Å²) in [6.45, 7) is 0.920. The summed E-state index contributed by atoms with van der Waals surface area (Å²) < 4.78 is 6.56. The maximum absolute atomic E-state index is 12.1. The quantitative estimate of drug-likeness (QED) is 0.657. The molecule has 2 amide bonds. The average Bonchev–Trinajstić information content (AvgIpc) is 2.74. The van der Waals surface area contributed by atoms with Crippen LogP contribution in [0, 0.1) is 0 Å². The third-order valence-corrected chi connectivity index (χ3v) is 2.73. The van der Waals surface area contributed by atoms with Crippen LogP contribution in [0.2, 0.25) is 0 Å². The highest BCUT2D eigenvalue weighted by molar-refractivity contribution is 5.86. The third kappa shape index (κ3) is 2.59. The second kappa shape index (κ2) is 5.05. The van der Waals surface area contributed by atoms with Crippen LogP contribution in [-0.2, 0) is 20.9 Å². The van der Waals surface area contributed by atoms with Crippen LogP contribution >= 0.6 is 0 Å². The van der Waals surface area contributed by atoms with Gasteiger partial charge in [0.2, 0.25) is 11.8 Å². The van der Waals surface area contributed by atoms with Crippen molar-refractivity contribution < 1.29 is 14.3 Å². The van der Waals surface area contributed by atoms with E-state index in [9.17, 15) is 9.59 Å². The molecule has 1 saturated heterocycles. The SMILES string of the molecule is NC(=O)C1COCCN1C(=O)Cn1cc(N)cn1. The third-order valence-electron chi connectivity index (χ3n) is 2.73. The summed E-state index contributed by atoms with van der Waals surface area (Å²) in [7, 11) is 0. The second-order valence-corrected chi connectivity index (χ2v) is 4.05. The Morgan fingerprint density at radius 3 is 2.94 bits per heavy atom. The number of nitrogens with two attached hydrogens (primary N) is 2. The van der Waals surface area contributed by atoms with E-state index in [0.717, 1.165) is 0 Å². The number of carbonyl (C=O) groups excluding carboxylic acids is 2. The summed E-state index contributed by atoms with van der Waals surface area (Å²) in [6.07, 6.45) is 3.01. The van der Waals surface area contributed by atoms with Gasteiger partial charge in [0.15, 0.2) is 0 Å². The number of hydrogen-bond acceptors (Lipinski definition) is 5. The van der Waals surface area contributed by atoms with Crippen molar-refractivity contribution in [2.75, 3.05) is 25.5 Å². The molecule has 1 aliphatic heterocycles. The van der Waals surface area contributed by atoms with Gasteiger partial charge >= 0.3 is 0 Å². The number of carbonyl (C=O) groups is 2. The van der Waals surface area contributed by atoms with Crippen LogP contribution in [0.25, 0.3) is 0 Å². The molecule has 0 bridgehead atoms. The lowest BCUT2D eigenvalue weighted by molar-refractivity contribution is -0.147. The van der Waals surface area contributed by atoms with E-state index in [1.807, 2.05) is 0 Å². The Labute approximate surface area is 103 Å². The first-order chi connectivity index (χ1) is 8.58. The van der Waals surface area contributed by atoms with Gasteiger partial charge in [-0.2, -0.15) is 5.10 Å². The van der Waals surface area contributed by atoms with Crippen molar-refractivity contribution in [3.8, 4) is 0 Å². The van der Waals surface area contributed by atoms with E-state index >= 15 is 0 Å². The second-order valence-electron chi connectivity index (χ2n) is 4.05. The van der Waals surface area contributed by atoms with Gasteiger partial charge in [0.25, 0.3) is 0 Å². The van der Waals surface area contributed by atoms with Crippen molar-refractivity contribution in [2.45, 2.75) is 12.6 Å². The molecule has 1 aromatic heterocycles. The molecular formula is C10H15N5O3. The lowest BCUT2D eigenvalue weighted by Crippen LogP contribution is -2.55. The van der Waals surface area contributed by atoms with Crippen LogP contribution in [0.15, 0.2) is 12.4 Å². The standard InChI is InChI=1S/C10H15N5O3/c11-7-3-13-14(4-7)5-9(16)15-1-2-18-6-8(15)10(12)17/h3-4,8H,1-2,5-6,11H2,(H2,12,17). The molecule has 1 aromatic rings. The summed E-state index contributed by atoms with van der Waals surface area (Å²) in [5.41, 5.74) is 11.2. The maximum Gasteiger partial charge on any atom is 0.245 e. The number of amides is 2. The van der Waals surface area contributed by atoms with Gasteiger partial charge in [-0.05, 0) is 0 Å². The Kier molecular flexibility index (Phi) is 3.47. The number of hydrogen-bond donors (Lipinski definition) is 2. The fourth-order valence-corrected chi connectivity index (χ4v) is 1.83. The number of primary amides is 1. The van der Waals surface area contributed by atoms with E-state index in [1.54, 1.807) is 6.20 Å². The first-order valence-corrected chi connectivity index (χ1v) is 5.52. The van der Waals surface area contributed by atoms with E-state index < -0.39 is 11.9 Å². The van der Waals surface area contributed by atoms with Crippen molar-refractivity contribution >= 4 is 17.5 Å². The van der Waals surface area contributed by atoms with Gasteiger partial charge in [0.1, 0.15) is 12.6 Å². The molecule has 1 unspecified atom stereocenters. The molecule has 0 aliphatic carbocycles. The number of aromatic nitrogens is 2. The zero-order chi connectivity index (χ0) is 13.1. The summed E-state index contributed by atoms with van der Waals surface area (Å²) in [5, 5.41) is 3.92. The number of anilines is 1. The number of nitrogens with zero attached hydrogens (tertiary/aromatic N) is 3. The van der Waals surface area contributed by atoms with Gasteiger partial charge in [-0.15, -0.1) is 0 Å². The molecule has 0 spiro atoms. The predicted octanol–water partition coefficient (Wildman–Crippen LogP) is -1.82. The predicted molar refractivity (Wildman–Crippen MR) is 62.2 cm³/mol. The van der Waals surface area contributed by atoms with E-state index in [4.69, 9.17) is 16.2 Å². The van der Waals surface area contributed by atoms with Crippen molar-refractivity contribution in [3.05, 3.63) is 12.4 Å². The van der Waals surface area contributed by atoms with Crippen LogP contribution in [0.1, 0.15) is 0 Å². The Morgan fingerprint density at radius 1 is 1.56 bits per heavy atom. The molecule has 2 rings (SSSR count). The first-order valence-electron chi connectivity index (χ1n) is 5.52. The zero-order valence-electron chi connectivity index (χ0n) is 9.78. The van der Waals surface area contributed by atoms with Crippen molar-refractivity contribution in [1.82, 2.24) is 14.7 Å². The van der Waals surface area contributed by atoms with Crippen LogP contribution in [0.4, 0.5) is 5.69 Å². The molecule has 98 valence electrons. The Bertz CT molecular complexity index is 458. The number of ether oxygens (including phenoxy) is 1. The molecule has 2 heterocycles. The smallest absolute Gasteiger partial charge is 0.245 e. The van der Waals surface area contributed by atoms with Gasteiger partial charge in [-0.1, -0.05) is 0 Å². The molecule has 0 radical (unpaired) electrons. The molecule has 1 atom stereocenters. The topological polar surface area (TPSA) is 116 Å². The minimum atomic E-state index is -0.709. The van der Waals surface area contributed by atoms with Crippen LogP contribution in [0.5, 0.6) is 0 Å². The van der Waals surface area contributed by atoms with Crippen LogP contribution < -0.4 is 11.5 Å². The van der Waals surface area contributed by atoms with Crippen molar-refractivity contribution in [2.24, 2.45) is 5.73 Å². The molecule has 8 heteroatoms. The minimum absolute atomic E-state index is 0.0287. The van der Waals surface area contributed by atoms with Gasteiger partial charge in [0, 0.05) is 12.7 Å². The summed E-state index contributed by atoms with van der Waals surface area (Å²) in [4.78, 5) is 24.7. The fraction of sp³-hybridized carbons (Fsp3) is 0.500. The zero-order valence-corrected chi connectivity index (χ0v) is 9.78. The molecule has 0 saturated carbocycles. The van der Waals surface area contributed by atoms with Crippen LogP contribution in [0.3, 0.4) is 0 Å². The number of nitrogen functional groups attached to an aromatic ring is 1. The molecular weight excluding hydrogens is 238 g/mol. The largest absolute Gasteiger partial charge is 0.396 e. The summed E-state index contributed by atoms with van der Waals surface area (Å²) >= 11 is 0. The summed E-state index contributed by atoms with van der Waals surface area (Å²) in [6, 6.07) is -0.709. The summed E-state index contributed by atoms with van der Waals surface area (Å²) in [5.74, 6) is -0.798. The highest BCUT2D eigenvalue weighted by Crippen LogP contribution is 2.08. The highest BCUT2D eigenvalue weighted by atomic mass is 16.5. The number of rotatable bonds is 3. The number of morpholine rings is 1. The molecule has 4 N–H and O–H groups in total. The highest BCUT2D eigenvalue weighted by Gasteiger charge is 2.31. The van der Waals surface area contributed by atoms with Gasteiger partial charge in [-0.25, -0.2) is 0 Å². The fourth-order valence-electron chi connectivity index (χ4n) is 1.83. The van der Waals surface area contributed by atoms with Crippen molar-refractivity contribution in [1.29, 1.82) is 0 Å². The molecule has 8 nitrogen and oxygen atoms in total. The monoisotopic (exact) mass is 253 g/mol. The van der Waals surface area contributed by atoms with E-state index in [1.165, 1.54) is 15.8 Å². The Balaban J connectivity index is 2.04. The molecule has 1 aliphatic rings. The molecule has 18 heavy (non-hydrogen) atoms. The Morgan fingerprint density at radius 2 is 2.33 bits per heavy atom. The van der Waals surface area contributed by atoms with Crippen LogP contribution in [-0.4, -0.2) is 52.3 Å². The van der Waals surface area contributed by atoms with E-state index in [2.05, 4.69) is 5.10 Å². The van der Waals surface area contributed by atoms with Gasteiger partial charge in [0.05, 0.1) is 25.1 Å². The maximum atomic E-state index is 12.1. The average molecular weight is 253 g/mol. The van der Waals surface area contributed by atoms with E-state index in [-0.39, 0.29) is 19.1 Å². The lowest BCUT2D eigenvalue weighted by atomic mass is 10.2. The minimum Gasteiger partial charge on any atom is -0.396 e.